The lowest BCUT2D eigenvalue weighted by Gasteiger charge is -2.31. The molecule has 1 aliphatic carbocycles. The molecule has 0 aromatic rings. The Labute approximate surface area is 137 Å². The molecule has 22 heavy (non-hydrogen) atoms. The lowest BCUT2D eigenvalue weighted by Crippen LogP contribution is -2.30. The van der Waals surface area contributed by atoms with E-state index < -0.39 is 11.3 Å². The van der Waals surface area contributed by atoms with Crippen molar-refractivity contribution in [3.8, 4) is 0 Å². The molecule has 0 spiro atoms. The predicted octanol–water partition coefficient (Wildman–Crippen LogP) is 6.21. The van der Waals surface area contributed by atoms with E-state index >= 15 is 4.39 Å². The lowest BCUT2D eigenvalue weighted by molar-refractivity contribution is 0.0504. The average molecular weight is 313 g/mol. The topological polar surface area (TPSA) is 20.2 Å². The second-order valence-corrected chi connectivity index (χ2v) is 8.25. The molecule has 2 unspecified atom stereocenters. The van der Waals surface area contributed by atoms with Crippen LogP contribution in [0.25, 0.3) is 0 Å². The molecule has 0 heterocycles. The highest BCUT2D eigenvalue weighted by Crippen LogP contribution is 2.40. The summed E-state index contributed by atoms with van der Waals surface area (Å²) in [6.07, 6.45) is 9.64. The molecular weight excluding hydrogens is 275 g/mol. The molecule has 0 radical (unpaired) electrons. The fourth-order valence-corrected chi connectivity index (χ4v) is 3.85. The van der Waals surface area contributed by atoms with Crippen molar-refractivity contribution in [3.05, 3.63) is 12.2 Å². The molecule has 2 heteroatoms. The third-order valence-electron chi connectivity index (χ3n) is 5.45. The lowest BCUT2D eigenvalue weighted by atomic mass is 9.80. The number of alkyl halides is 1. The van der Waals surface area contributed by atoms with Crippen LogP contribution in [0.4, 0.5) is 4.39 Å². The van der Waals surface area contributed by atoms with E-state index in [0.29, 0.717) is 12.3 Å². The number of hydrogen-bond donors (Lipinski definition) is 1. The minimum atomic E-state index is -1.09. The minimum Gasteiger partial charge on any atom is -0.390 e. The van der Waals surface area contributed by atoms with Crippen LogP contribution in [0.5, 0.6) is 0 Å². The van der Waals surface area contributed by atoms with Gasteiger partial charge in [-0.3, -0.25) is 0 Å². The van der Waals surface area contributed by atoms with Crippen LogP contribution in [0.1, 0.15) is 91.9 Å². The summed E-state index contributed by atoms with van der Waals surface area (Å²) in [5, 5.41) is 9.85. The van der Waals surface area contributed by atoms with Crippen LogP contribution in [0.2, 0.25) is 0 Å². The van der Waals surface area contributed by atoms with Crippen molar-refractivity contribution < 1.29 is 9.50 Å². The first-order chi connectivity index (χ1) is 10.2. The number of hydrogen-bond acceptors (Lipinski definition) is 1. The van der Waals surface area contributed by atoms with Crippen LogP contribution < -0.4 is 0 Å². The Hall–Kier alpha value is -0.370. The Kier molecular flexibility index (Phi) is 7.58. The van der Waals surface area contributed by atoms with E-state index in [-0.39, 0.29) is 5.92 Å². The van der Waals surface area contributed by atoms with Crippen LogP contribution in [0, 0.1) is 11.8 Å². The highest BCUT2D eigenvalue weighted by Gasteiger charge is 2.35. The molecule has 0 aromatic carbocycles. The van der Waals surface area contributed by atoms with Crippen LogP contribution in [-0.4, -0.2) is 16.4 Å². The second kappa shape index (κ2) is 8.47. The summed E-state index contributed by atoms with van der Waals surface area (Å²) >= 11 is 0. The SMILES string of the molecule is C=C1CC[C@](C)(F)C(CCCC(C)(C)O)CCCC1CCC. The Morgan fingerprint density at radius 1 is 1.32 bits per heavy atom. The first-order valence-corrected chi connectivity index (χ1v) is 9.24. The molecule has 1 rings (SSSR count). The fourth-order valence-electron chi connectivity index (χ4n) is 3.85. The third-order valence-corrected chi connectivity index (χ3v) is 5.45. The average Bonchev–Trinajstić information content (AvgIpc) is 2.44. The number of halogens is 1. The van der Waals surface area contributed by atoms with Gasteiger partial charge in [-0.05, 0) is 77.6 Å². The Morgan fingerprint density at radius 3 is 2.59 bits per heavy atom. The third kappa shape index (κ3) is 6.81. The molecule has 1 fully saturated rings. The van der Waals surface area contributed by atoms with Crippen molar-refractivity contribution in [3.63, 3.8) is 0 Å². The standard InChI is InChI=1S/C20H37FO/c1-6-9-17-10-7-11-18(12-8-14-19(3,4)22)20(5,21)15-13-16(17)2/h17-18,22H,2,6-15H2,1,3-5H3/t17?,18?,20-/m0/s1. The first kappa shape index (κ1) is 19.7. The maximum absolute atomic E-state index is 15.2. The van der Waals surface area contributed by atoms with Gasteiger partial charge in [0.05, 0.1) is 5.60 Å². The molecule has 1 N–H and O–H groups in total. The number of allylic oxidation sites excluding steroid dienone is 1. The normalized spacial score (nSPS) is 31.5. The van der Waals surface area contributed by atoms with Crippen molar-refractivity contribution in [2.24, 2.45) is 11.8 Å². The van der Waals surface area contributed by atoms with Crippen molar-refractivity contribution in [2.75, 3.05) is 0 Å². The molecule has 3 atom stereocenters. The van der Waals surface area contributed by atoms with Gasteiger partial charge in [-0.2, -0.15) is 0 Å². The van der Waals surface area contributed by atoms with Gasteiger partial charge in [0.15, 0.2) is 0 Å². The number of aliphatic hydroxyl groups is 1. The van der Waals surface area contributed by atoms with E-state index in [1.54, 1.807) is 6.92 Å². The van der Waals surface area contributed by atoms with Gasteiger partial charge in [-0.15, -0.1) is 0 Å². The van der Waals surface area contributed by atoms with E-state index in [2.05, 4.69) is 13.5 Å². The molecule has 0 amide bonds. The summed E-state index contributed by atoms with van der Waals surface area (Å²) in [5.74, 6) is 0.721. The van der Waals surface area contributed by atoms with Gasteiger partial charge in [0.2, 0.25) is 0 Å². The highest BCUT2D eigenvalue weighted by atomic mass is 19.1. The molecule has 130 valence electrons. The molecule has 0 aliphatic heterocycles. The summed E-state index contributed by atoms with van der Waals surface area (Å²) in [6, 6.07) is 0. The summed E-state index contributed by atoms with van der Waals surface area (Å²) < 4.78 is 15.2. The van der Waals surface area contributed by atoms with Crippen molar-refractivity contribution in [1.82, 2.24) is 0 Å². The smallest absolute Gasteiger partial charge is 0.111 e. The molecule has 0 bridgehead atoms. The summed E-state index contributed by atoms with van der Waals surface area (Å²) in [5.41, 5.74) is -0.460. The minimum absolute atomic E-state index is 0.128. The van der Waals surface area contributed by atoms with Gasteiger partial charge < -0.3 is 5.11 Å². The molecule has 1 aliphatic rings. The molecule has 1 saturated carbocycles. The van der Waals surface area contributed by atoms with Gasteiger partial charge in [0, 0.05) is 0 Å². The fraction of sp³-hybridized carbons (Fsp3) is 0.900. The maximum Gasteiger partial charge on any atom is 0.111 e. The molecule has 0 saturated heterocycles. The Bertz CT molecular complexity index is 340. The Morgan fingerprint density at radius 2 is 2.00 bits per heavy atom. The van der Waals surface area contributed by atoms with Crippen molar-refractivity contribution in [1.29, 1.82) is 0 Å². The van der Waals surface area contributed by atoms with Crippen LogP contribution in [0.15, 0.2) is 12.2 Å². The van der Waals surface area contributed by atoms with E-state index in [1.807, 2.05) is 13.8 Å². The zero-order valence-corrected chi connectivity index (χ0v) is 15.3. The van der Waals surface area contributed by atoms with Gasteiger partial charge in [0.25, 0.3) is 0 Å². The maximum atomic E-state index is 15.2. The summed E-state index contributed by atoms with van der Waals surface area (Å²) in [6.45, 7) is 11.9. The first-order valence-electron chi connectivity index (χ1n) is 9.24. The predicted molar refractivity (Wildman–Crippen MR) is 93.8 cm³/mol. The van der Waals surface area contributed by atoms with Gasteiger partial charge in [-0.25, -0.2) is 4.39 Å². The van der Waals surface area contributed by atoms with E-state index in [0.717, 1.165) is 38.5 Å². The molecule has 0 aromatic heterocycles. The van der Waals surface area contributed by atoms with Gasteiger partial charge in [0.1, 0.15) is 5.67 Å². The van der Waals surface area contributed by atoms with Crippen LogP contribution in [-0.2, 0) is 0 Å². The van der Waals surface area contributed by atoms with Crippen molar-refractivity contribution >= 4 is 0 Å². The second-order valence-electron chi connectivity index (χ2n) is 8.25. The molecular formula is C20H37FO. The monoisotopic (exact) mass is 312 g/mol. The van der Waals surface area contributed by atoms with Crippen LogP contribution >= 0.6 is 0 Å². The van der Waals surface area contributed by atoms with E-state index in [9.17, 15) is 5.11 Å². The van der Waals surface area contributed by atoms with E-state index in [4.69, 9.17) is 0 Å². The highest BCUT2D eigenvalue weighted by molar-refractivity contribution is 5.03. The van der Waals surface area contributed by atoms with Crippen molar-refractivity contribution in [2.45, 2.75) is 103 Å². The van der Waals surface area contributed by atoms with Gasteiger partial charge in [-0.1, -0.05) is 38.3 Å². The zero-order valence-electron chi connectivity index (χ0n) is 15.3. The number of rotatable bonds is 6. The summed E-state index contributed by atoms with van der Waals surface area (Å²) in [7, 11) is 0. The van der Waals surface area contributed by atoms with Crippen LogP contribution in [0.3, 0.4) is 0 Å². The Balaban J connectivity index is 2.63. The van der Waals surface area contributed by atoms with E-state index in [1.165, 1.54) is 24.8 Å². The quantitative estimate of drug-likeness (QED) is 0.578. The largest absolute Gasteiger partial charge is 0.390 e. The molecule has 1 nitrogen and oxygen atoms in total. The summed E-state index contributed by atoms with van der Waals surface area (Å²) in [4.78, 5) is 0. The zero-order chi connectivity index (χ0) is 16.8. The van der Waals surface area contributed by atoms with Gasteiger partial charge >= 0.3 is 0 Å².